The van der Waals surface area contributed by atoms with Crippen molar-refractivity contribution in [3.63, 3.8) is 0 Å². The van der Waals surface area contributed by atoms with Gasteiger partial charge in [-0.3, -0.25) is 9.88 Å². The number of β-amino-alcohol motifs (C(OH)–C–C–N with tert-alkyl or cyclic N) is 1. The molecule has 1 N–H and O–H groups in total. The number of para-hydroxylation sites is 1. The van der Waals surface area contributed by atoms with Crippen molar-refractivity contribution in [2.24, 2.45) is 5.92 Å². The maximum atomic E-state index is 10.6. The standard InChI is InChI=1S/C20H23N3OS/c1-13-14(2)25-20(22-13)12-23-10-16(19(24)11-23)9-15-7-8-21-18-6-4-3-5-17(15)18/h3-8,16,19,24H,9-12H2,1-2H3/t16-,19+/m1/s1. The van der Waals surface area contributed by atoms with E-state index in [1.165, 1.54) is 15.8 Å². The van der Waals surface area contributed by atoms with Gasteiger partial charge in [-0.15, -0.1) is 11.3 Å². The lowest BCUT2D eigenvalue weighted by Crippen LogP contribution is -2.21. The lowest BCUT2D eigenvalue weighted by molar-refractivity contribution is 0.141. The number of hydrogen-bond acceptors (Lipinski definition) is 5. The summed E-state index contributed by atoms with van der Waals surface area (Å²) >= 11 is 1.77. The van der Waals surface area contributed by atoms with Gasteiger partial charge in [0.15, 0.2) is 0 Å². The molecule has 0 radical (unpaired) electrons. The Morgan fingerprint density at radius 1 is 1.20 bits per heavy atom. The first-order valence-electron chi connectivity index (χ1n) is 8.76. The van der Waals surface area contributed by atoms with Gasteiger partial charge in [-0.05, 0) is 38.0 Å². The first-order chi connectivity index (χ1) is 12.1. The number of benzene rings is 1. The molecule has 3 aromatic rings. The highest BCUT2D eigenvalue weighted by Gasteiger charge is 2.32. The van der Waals surface area contributed by atoms with Gasteiger partial charge in [0.25, 0.3) is 0 Å². The Bertz CT molecular complexity index is 867. The van der Waals surface area contributed by atoms with E-state index < -0.39 is 0 Å². The molecule has 1 aromatic carbocycles. The molecular formula is C20H23N3OS. The van der Waals surface area contributed by atoms with Crippen LogP contribution in [0, 0.1) is 19.8 Å². The van der Waals surface area contributed by atoms with Crippen LogP contribution in [0.15, 0.2) is 36.5 Å². The number of rotatable bonds is 4. The smallest absolute Gasteiger partial charge is 0.107 e. The summed E-state index contributed by atoms with van der Waals surface area (Å²) in [4.78, 5) is 12.7. The molecule has 4 nitrogen and oxygen atoms in total. The average molecular weight is 353 g/mol. The second-order valence-electron chi connectivity index (χ2n) is 6.96. The highest BCUT2D eigenvalue weighted by molar-refractivity contribution is 7.11. The van der Waals surface area contributed by atoms with Crippen molar-refractivity contribution in [3.05, 3.63) is 57.7 Å². The quantitative estimate of drug-likeness (QED) is 0.781. The molecule has 130 valence electrons. The van der Waals surface area contributed by atoms with Crippen molar-refractivity contribution >= 4 is 22.2 Å². The average Bonchev–Trinajstić information content (AvgIpc) is 3.10. The van der Waals surface area contributed by atoms with Gasteiger partial charge in [-0.25, -0.2) is 4.98 Å². The number of fused-ring (bicyclic) bond motifs is 1. The lowest BCUT2D eigenvalue weighted by Gasteiger charge is -2.15. The van der Waals surface area contributed by atoms with E-state index in [2.05, 4.69) is 46.9 Å². The number of nitrogens with zero attached hydrogens (tertiary/aromatic N) is 3. The van der Waals surface area contributed by atoms with Gasteiger partial charge in [-0.2, -0.15) is 0 Å². The molecule has 25 heavy (non-hydrogen) atoms. The summed E-state index contributed by atoms with van der Waals surface area (Å²) in [5.41, 5.74) is 3.43. The molecule has 1 fully saturated rings. The number of aromatic nitrogens is 2. The molecule has 0 spiro atoms. The van der Waals surface area contributed by atoms with Gasteiger partial charge >= 0.3 is 0 Å². The summed E-state index contributed by atoms with van der Waals surface area (Å²) < 4.78 is 0. The summed E-state index contributed by atoms with van der Waals surface area (Å²) in [5.74, 6) is 0.257. The van der Waals surface area contributed by atoms with Crippen LogP contribution in [0.4, 0.5) is 0 Å². The summed E-state index contributed by atoms with van der Waals surface area (Å²) in [6, 6.07) is 10.3. The summed E-state index contributed by atoms with van der Waals surface area (Å²) in [6.45, 7) is 6.66. The van der Waals surface area contributed by atoms with Crippen LogP contribution in [-0.4, -0.2) is 39.2 Å². The highest BCUT2D eigenvalue weighted by Crippen LogP contribution is 2.27. The minimum Gasteiger partial charge on any atom is -0.391 e. The number of aliphatic hydroxyl groups excluding tert-OH is 1. The Labute approximate surface area is 152 Å². The van der Waals surface area contributed by atoms with Crippen LogP contribution in [0.2, 0.25) is 0 Å². The molecule has 0 amide bonds. The number of hydrogen-bond donors (Lipinski definition) is 1. The van der Waals surface area contributed by atoms with Crippen molar-refractivity contribution in [2.45, 2.75) is 32.9 Å². The fraction of sp³-hybridized carbons (Fsp3) is 0.400. The van der Waals surface area contributed by atoms with Gasteiger partial charge in [0, 0.05) is 35.5 Å². The van der Waals surface area contributed by atoms with Crippen molar-refractivity contribution in [1.82, 2.24) is 14.9 Å². The number of aryl methyl sites for hydroxylation is 2. The molecule has 1 aliphatic heterocycles. The molecular weight excluding hydrogens is 330 g/mol. The molecule has 2 aromatic heterocycles. The normalized spacial score (nSPS) is 21.2. The van der Waals surface area contributed by atoms with E-state index in [-0.39, 0.29) is 12.0 Å². The van der Waals surface area contributed by atoms with Gasteiger partial charge in [0.05, 0.1) is 23.9 Å². The monoisotopic (exact) mass is 353 g/mol. The van der Waals surface area contributed by atoms with Crippen molar-refractivity contribution < 1.29 is 5.11 Å². The second-order valence-corrected chi connectivity index (χ2v) is 8.25. The van der Waals surface area contributed by atoms with Crippen molar-refractivity contribution in [3.8, 4) is 0 Å². The lowest BCUT2D eigenvalue weighted by atomic mass is 9.94. The van der Waals surface area contributed by atoms with Gasteiger partial charge in [-0.1, -0.05) is 18.2 Å². The molecule has 5 heteroatoms. The largest absolute Gasteiger partial charge is 0.391 e. The van der Waals surface area contributed by atoms with Gasteiger partial charge in [0.2, 0.25) is 0 Å². The molecule has 0 bridgehead atoms. The van der Waals surface area contributed by atoms with Crippen molar-refractivity contribution in [2.75, 3.05) is 13.1 Å². The maximum absolute atomic E-state index is 10.6. The predicted octanol–water partition coefficient (Wildman–Crippen LogP) is 3.34. The number of aliphatic hydroxyl groups is 1. The Balaban J connectivity index is 1.48. The predicted molar refractivity (Wildman–Crippen MR) is 102 cm³/mol. The molecule has 0 saturated carbocycles. The van der Waals surface area contributed by atoms with E-state index in [1.807, 2.05) is 18.3 Å². The molecule has 3 heterocycles. The Morgan fingerprint density at radius 2 is 2.04 bits per heavy atom. The molecule has 2 atom stereocenters. The van der Waals surface area contributed by atoms with Crippen molar-refractivity contribution in [1.29, 1.82) is 0 Å². The van der Waals surface area contributed by atoms with Crippen LogP contribution < -0.4 is 0 Å². The van der Waals surface area contributed by atoms with Crippen LogP contribution in [0.1, 0.15) is 21.1 Å². The highest BCUT2D eigenvalue weighted by atomic mass is 32.1. The van der Waals surface area contributed by atoms with Crippen LogP contribution in [-0.2, 0) is 13.0 Å². The summed E-state index contributed by atoms with van der Waals surface area (Å²) in [5, 5.41) is 12.9. The fourth-order valence-electron chi connectivity index (χ4n) is 3.68. The Morgan fingerprint density at radius 3 is 2.84 bits per heavy atom. The minimum atomic E-state index is -0.283. The summed E-state index contributed by atoms with van der Waals surface area (Å²) in [6.07, 6.45) is 2.48. The SMILES string of the molecule is Cc1nc(CN2C[C@@H](Cc3ccnc4ccccc34)[C@@H](O)C2)sc1C. The van der Waals surface area contributed by atoms with Gasteiger partial charge in [0.1, 0.15) is 5.01 Å². The minimum absolute atomic E-state index is 0.257. The number of thiazole rings is 1. The van der Waals surface area contributed by atoms with Gasteiger partial charge < -0.3 is 5.11 Å². The molecule has 1 saturated heterocycles. The molecule has 4 rings (SSSR count). The zero-order valence-electron chi connectivity index (χ0n) is 14.6. The summed E-state index contributed by atoms with van der Waals surface area (Å²) in [7, 11) is 0. The van der Waals surface area contributed by atoms with E-state index in [9.17, 15) is 5.11 Å². The Kier molecular flexibility index (Phi) is 4.54. The van der Waals surface area contributed by atoms with E-state index in [0.29, 0.717) is 0 Å². The zero-order chi connectivity index (χ0) is 17.4. The first kappa shape index (κ1) is 16.6. The first-order valence-corrected chi connectivity index (χ1v) is 9.58. The molecule has 1 aliphatic rings. The van der Waals surface area contributed by atoms with Crippen LogP contribution in [0.25, 0.3) is 10.9 Å². The third kappa shape index (κ3) is 3.45. The van der Waals surface area contributed by atoms with E-state index in [1.54, 1.807) is 11.3 Å². The fourth-order valence-corrected chi connectivity index (χ4v) is 4.66. The van der Waals surface area contributed by atoms with E-state index in [4.69, 9.17) is 0 Å². The van der Waals surface area contributed by atoms with E-state index >= 15 is 0 Å². The van der Waals surface area contributed by atoms with Crippen LogP contribution in [0.3, 0.4) is 0 Å². The molecule has 0 unspecified atom stereocenters. The maximum Gasteiger partial charge on any atom is 0.107 e. The Hall–Kier alpha value is -1.82. The topological polar surface area (TPSA) is 49.2 Å². The van der Waals surface area contributed by atoms with Crippen LogP contribution >= 0.6 is 11.3 Å². The van der Waals surface area contributed by atoms with Crippen LogP contribution in [0.5, 0.6) is 0 Å². The third-order valence-corrected chi connectivity index (χ3v) is 6.19. The number of likely N-dealkylation sites (tertiary alicyclic amines) is 1. The number of pyridine rings is 1. The molecule has 0 aliphatic carbocycles. The zero-order valence-corrected chi connectivity index (χ0v) is 15.5. The second kappa shape index (κ2) is 6.83. The van der Waals surface area contributed by atoms with E-state index in [0.717, 1.165) is 42.3 Å². The third-order valence-electron chi connectivity index (χ3n) is 5.14.